The fraction of sp³-hybridized carbons (Fsp3) is 0.455. The Bertz CT molecular complexity index is 868. The van der Waals surface area contributed by atoms with E-state index in [4.69, 9.17) is 9.47 Å². The van der Waals surface area contributed by atoms with Crippen molar-refractivity contribution in [2.24, 2.45) is 5.41 Å². The van der Waals surface area contributed by atoms with Gasteiger partial charge in [0.05, 0.1) is 14.2 Å². The van der Waals surface area contributed by atoms with Crippen LogP contribution in [0, 0.1) is 5.41 Å². The summed E-state index contributed by atoms with van der Waals surface area (Å²) in [6.45, 7) is 11.8. The zero-order valence-electron chi connectivity index (χ0n) is 16.9. The van der Waals surface area contributed by atoms with Gasteiger partial charge in [-0.2, -0.15) is 0 Å². The molecule has 0 aliphatic heterocycles. The summed E-state index contributed by atoms with van der Waals surface area (Å²) in [5.41, 5.74) is 6.57. The lowest BCUT2D eigenvalue weighted by Crippen LogP contribution is -2.21. The smallest absolute Gasteiger partial charge is 0.161 e. The fourth-order valence-corrected chi connectivity index (χ4v) is 5.54. The normalized spacial score (nSPS) is 15.3. The number of aryl methyl sites for hydroxylation is 1. The van der Waals surface area contributed by atoms with Crippen molar-refractivity contribution in [1.29, 1.82) is 0 Å². The first-order chi connectivity index (χ1) is 12.8. The first kappa shape index (κ1) is 20.3. The second kappa shape index (κ2) is 7.90. The molecule has 3 rings (SSSR count). The highest BCUT2D eigenvalue weighted by molar-refractivity contribution is 7.78. The van der Waals surface area contributed by atoms with E-state index in [0.29, 0.717) is 12.0 Å². The van der Waals surface area contributed by atoms with Crippen LogP contribution in [-0.2, 0) is 19.4 Å². The van der Waals surface area contributed by atoms with Crippen molar-refractivity contribution in [2.75, 3.05) is 14.2 Å². The molecule has 1 aromatic heterocycles. The minimum absolute atomic E-state index is 0.336. The molecule has 0 spiro atoms. The third kappa shape index (κ3) is 3.91. The maximum absolute atomic E-state index is 5.58. The molecule has 27 heavy (non-hydrogen) atoms. The topological polar surface area (TPSA) is 30.5 Å². The molecule has 1 N–H and O–H groups in total. The molecular formula is C22H29NO2S2. The van der Waals surface area contributed by atoms with Crippen molar-refractivity contribution in [3.05, 3.63) is 40.3 Å². The zero-order chi connectivity index (χ0) is 19.8. The molecule has 1 aliphatic carbocycles. The molecule has 0 fully saturated rings. The van der Waals surface area contributed by atoms with Gasteiger partial charge in [-0.05, 0) is 66.0 Å². The average Bonchev–Trinajstić information content (AvgIpc) is 2.98. The summed E-state index contributed by atoms with van der Waals surface area (Å²) in [5.74, 6) is 1.48. The van der Waals surface area contributed by atoms with Crippen LogP contribution in [0.15, 0.2) is 18.7 Å². The standard InChI is InChI=1S/C22H29NO2S2/c1-13(2)20-16-11-22(3,4)8-7-19(16)27-21(20)15-10-18(25-6)17(24-5)9-14(15)12-23-26/h9-10,23,26H,1,7-8,11-12H2,2-6H3. The van der Waals surface area contributed by atoms with Gasteiger partial charge in [-0.3, -0.25) is 4.72 Å². The van der Waals surface area contributed by atoms with E-state index in [1.807, 2.05) is 17.4 Å². The van der Waals surface area contributed by atoms with Crippen LogP contribution >= 0.6 is 24.2 Å². The summed E-state index contributed by atoms with van der Waals surface area (Å²) >= 11 is 6.14. The SMILES string of the molecule is C=C(C)c1c(-c2cc(OC)c(OC)cc2CNS)sc2c1CC(C)(C)CC2. The number of thiol groups is 1. The zero-order valence-corrected chi connectivity index (χ0v) is 18.6. The number of benzene rings is 1. The molecule has 0 atom stereocenters. The number of nitrogens with one attached hydrogen (secondary N) is 1. The summed E-state index contributed by atoms with van der Waals surface area (Å²) in [5, 5.41) is 0. The molecule has 1 aromatic carbocycles. The Kier molecular flexibility index (Phi) is 5.94. The molecular weight excluding hydrogens is 374 g/mol. The molecule has 0 saturated carbocycles. The molecule has 0 amide bonds. The van der Waals surface area contributed by atoms with Crippen LogP contribution in [0.1, 0.15) is 48.8 Å². The number of hydrogen-bond donors (Lipinski definition) is 2. The number of hydrogen-bond acceptors (Lipinski definition) is 5. The number of rotatable bonds is 6. The minimum Gasteiger partial charge on any atom is -0.493 e. The highest BCUT2D eigenvalue weighted by Crippen LogP contribution is 2.49. The lowest BCUT2D eigenvalue weighted by Gasteiger charge is -2.30. The second-order valence-electron chi connectivity index (χ2n) is 8.03. The molecule has 5 heteroatoms. The van der Waals surface area contributed by atoms with Gasteiger partial charge in [-0.25, -0.2) is 0 Å². The van der Waals surface area contributed by atoms with E-state index >= 15 is 0 Å². The summed E-state index contributed by atoms with van der Waals surface area (Å²) in [6, 6.07) is 4.14. The number of ether oxygens (including phenoxy) is 2. The molecule has 0 unspecified atom stereocenters. The van der Waals surface area contributed by atoms with Crippen molar-refractivity contribution in [3.8, 4) is 21.9 Å². The highest BCUT2D eigenvalue weighted by Gasteiger charge is 2.31. The summed E-state index contributed by atoms with van der Waals surface area (Å²) < 4.78 is 14.1. The van der Waals surface area contributed by atoms with Gasteiger partial charge in [0.15, 0.2) is 11.5 Å². The number of methoxy groups -OCH3 is 2. The Morgan fingerprint density at radius 3 is 2.52 bits per heavy atom. The van der Waals surface area contributed by atoms with Crippen LogP contribution in [0.4, 0.5) is 0 Å². The van der Waals surface area contributed by atoms with E-state index in [2.05, 4.69) is 51.0 Å². The van der Waals surface area contributed by atoms with Gasteiger partial charge < -0.3 is 9.47 Å². The lowest BCUT2D eigenvalue weighted by atomic mass is 9.75. The fourth-order valence-electron chi connectivity index (χ4n) is 3.92. The van der Waals surface area contributed by atoms with Crippen LogP contribution < -0.4 is 14.2 Å². The number of allylic oxidation sites excluding steroid dienone is 1. The van der Waals surface area contributed by atoms with Crippen molar-refractivity contribution in [3.63, 3.8) is 0 Å². The van der Waals surface area contributed by atoms with Gasteiger partial charge in [-0.15, -0.1) is 11.3 Å². The quantitative estimate of drug-likeness (QED) is 0.587. The molecule has 0 bridgehead atoms. The molecule has 0 radical (unpaired) electrons. The third-order valence-electron chi connectivity index (χ3n) is 5.33. The summed E-state index contributed by atoms with van der Waals surface area (Å²) in [7, 11) is 3.35. The summed E-state index contributed by atoms with van der Waals surface area (Å²) in [4.78, 5) is 2.78. The minimum atomic E-state index is 0.336. The van der Waals surface area contributed by atoms with E-state index < -0.39 is 0 Å². The van der Waals surface area contributed by atoms with Gasteiger partial charge in [0.2, 0.25) is 0 Å². The maximum atomic E-state index is 5.58. The van der Waals surface area contributed by atoms with Crippen LogP contribution in [0.2, 0.25) is 0 Å². The number of fused-ring (bicyclic) bond motifs is 1. The Labute approximate surface area is 172 Å². The Morgan fingerprint density at radius 2 is 1.93 bits per heavy atom. The predicted octanol–water partition coefficient (Wildman–Crippen LogP) is 5.91. The molecule has 3 nitrogen and oxygen atoms in total. The second-order valence-corrected chi connectivity index (χ2v) is 9.45. The van der Waals surface area contributed by atoms with Crippen LogP contribution in [0.3, 0.4) is 0 Å². The van der Waals surface area contributed by atoms with Crippen LogP contribution in [-0.4, -0.2) is 14.2 Å². The molecule has 1 heterocycles. The predicted molar refractivity (Wildman–Crippen MR) is 119 cm³/mol. The van der Waals surface area contributed by atoms with Gasteiger partial charge in [-0.1, -0.05) is 33.2 Å². The summed E-state index contributed by atoms with van der Waals surface area (Å²) in [6.07, 6.45) is 3.47. The van der Waals surface area contributed by atoms with Crippen molar-refractivity contribution < 1.29 is 9.47 Å². The first-order valence-electron chi connectivity index (χ1n) is 9.24. The van der Waals surface area contributed by atoms with Crippen LogP contribution in [0.25, 0.3) is 16.0 Å². The van der Waals surface area contributed by atoms with E-state index in [-0.39, 0.29) is 0 Å². The Balaban J connectivity index is 2.25. The van der Waals surface area contributed by atoms with E-state index in [9.17, 15) is 0 Å². The van der Waals surface area contributed by atoms with E-state index in [0.717, 1.165) is 35.5 Å². The lowest BCUT2D eigenvalue weighted by molar-refractivity contribution is 0.317. The largest absolute Gasteiger partial charge is 0.493 e. The monoisotopic (exact) mass is 403 g/mol. The van der Waals surface area contributed by atoms with Gasteiger partial charge >= 0.3 is 0 Å². The van der Waals surface area contributed by atoms with Gasteiger partial charge in [0.1, 0.15) is 0 Å². The van der Waals surface area contributed by atoms with Crippen molar-refractivity contribution in [2.45, 2.75) is 46.6 Å². The van der Waals surface area contributed by atoms with Gasteiger partial charge in [0, 0.05) is 21.9 Å². The first-order valence-corrected chi connectivity index (χ1v) is 10.5. The van der Waals surface area contributed by atoms with E-state index in [1.165, 1.54) is 32.9 Å². The van der Waals surface area contributed by atoms with Crippen molar-refractivity contribution in [1.82, 2.24) is 4.72 Å². The van der Waals surface area contributed by atoms with E-state index in [1.54, 1.807) is 14.2 Å². The molecule has 1 aliphatic rings. The molecule has 146 valence electrons. The Morgan fingerprint density at radius 1 is 1.26 bits per heavy atom. The van der Waals surface area contributed by atoms with Gasteiger partial charge in [0.25, 0.3) is 0 Å². The Hall–Kier alpha value is -1.43. The maximum Gasteiger partial charge on any atom is 0.161 e. The molecule has 2 aromatic rings. The van der Waals surface area contributed by atoms with Crippen molar-refractivity contribution >= 4 is 29.7 Å². The third-order valence-corrected chi connectivity index (χ3v) is 6.81. The molecule has 0 saturated heterocycles. The highest BCUT2D eigenvalue weighted by atomic mass is 32.1. The van der Waals surface area contributed by atoms with Crippen LogP contribution in [0.5, 0.6) is 11.5 Å². The number of thiophene rings is 1. The average molecular weight is 404 g/mol.